The zero-order valence-electron chi connectivity index (χ0n) is 10.9. The largest absolute Gasteiger partial charge is 0.301 e. The van der Waals surface area contributed by atoms with Crippen LogP contribution in [0.25, 0.3) is 16.9 Å². The van der Waals surface area contributed by atoms with Crippen LogP contribution in [0.3, 0.4) is 0 Å². The number of aryl methyl sites for hydroxylation is 1. The van der Waals surface area contributed by atoms with Gasteiger partial charge in [0.25, 0.3) is 5.56 Å². The predicted octanol–water partition coefficient (Wildman–Crippen LogP) is 2.67. The van der Waals surface area contributed by atoms with E-state index in [9.17, 15) is 4.79 Å². The molecular formula is C15H12N2O. The highest BCUT2D eigenvalue weighted by atomic mass is 16.1. The van der Waals surface area contributed by atoms with Gasteiger partial charge >= 0.3 is 0 Å². The smallest absolute Gasteiger partial charge is 0.273 e. The minimum atomic E-state index is -0.497. The maximum atomic E-state index is 11.8. The van der Waals surface area contributed by atoms with Gasteiger partial charge in [0.15, 0.2) is 0 Å². The monoisotopic (exact) mass is 237 g/mol. The third-order valence-electron chi connectivity index (χ3n) is 2.80. The van der Waals surface area contributed by atoms with Crippen molar-refractivity contribution in [2.75, 3.05) is 0 Å². The first kappa shape index (κ1) is 9.59. The second-order valence-corrected chi connectivity index (χ2v) is 4.19. The van der Waals surface area contributed by atoms with Crippen LogP contribution < -0.4 is 5.56 Å². The molecule has 3 heteroatoms. The average molecular weight is 237 g/mol. The van der Waals surface area contributed by atoms with Gasteiger partial charge < -0.3 is 4.40 Å². The molecule has 0 amide bonds. The van der Waals surface area contributed by atoms with E-state index in [1.165, 1.54) is 0 Å². The van der Waals surface area contributed by atoms with Crippen molar-refractivity contribution >= 4 is 5.65 Å². The summed E-state index contributed by atoms with van der Waals surface area (Å²) >= 11 is 0. The Morgan fingerprint density at radius 2 is 1.94 bits per heavy atom. The molecule has 1 aromatic carbocycles. The van der Waals surface area contributed by atoms with Crippen molar-refractivity contribution in [2.24, 2.45) is 0 Å². The summed E-state index contributed by atoms with van der Waals surface area (Å²) in [6.45, 7) is 1.97. The fourth-order valence-corrected chi connectivity index (χ4v) is 1.97. The maximum Gasteiger partial charge on any atom is 0.273 e. The minimum Gasteiger partial charge on any atom is -0.301 e. The first-order valence-electron chi connectivity index (χ1n) is 6.22. The Labute approximate surface area is 106 Å². The Kier molecular flexibility index (Phi) is 2.19. The van der Waals surface area contributed by atoms with Crippen molar-refractivity contribution in [3.8, 4) is 11.3 Å². The lowest BCUT2D eigenvalue weighted by molar-refractivity contribution is 1.07. The van der Waals surface area contributed by atoms with Gasteiger partial charge in [-0.2, -0.15) is 4.98 Å². The van der Waals surface area contributed by atoms with Crippen LogP contribution in [0.2, 0.25) is 0 Å². The molecule has 0 fully saturated rings. The molecule has 0 aliphatic heterocycles. The van der Waals surface area contributed by atoms with E-state index in [2.05, 4.69) is 4.98 Å². The summed E-state index contributed by atoms with van der Waals surface area (Å²) in [7, 11) is 0. The van der Waals surface area contributed by atoms with Gasteiger partial charge in [-0.1, -0.05) is 36.4 Å². The average Bonchev–Trinajstić information content (AvgIpc) is 2.42. The van der Waals surface area contributed by atoms with E-state index < -0.39 is 5.56 Å². The Bertz CT molecular complexity index is 809. The van der Waals surface area contributed by atoms with Crippen molar-refractivity contribution in [1.82, 2.24) is 9.38 Å². The van der Waals surface area contributed by atoms with E-state index in [4.69, 9.17) is 1.37 Å². The molecule has 0 saturated heterocycles. The maximum absolute atomic E-state index is 11.8. The van der Waals surface area contributed by atoms with Gasteiger partial charge in [0.1, 0.15) is 5.65 Å². The quantitative estimate of drug-likeness (QED) is 0.652. The Balaban J connectivity index is 2.48. The number of hydrogen-bond donors (Lipinski definition) is 0. The summed E-state index contributed by atoms with van der Waals surface area (Å²) in [5.41, 5.74) is 2.54. The lowest BCUT2D eigenvalue weighted by Gasteiger charge is -2.09. The second kappa shape index (κ2) is 4.11. The molecule has 18 heavy (non-hydrogen) atoms. The van der Waals surface area contributed by atoms with Gasteiger partial charge in [-0.3, -0.25) is 4.79 Å². The molecule has 0 unspecified atom stereocenters. The molecule has 0 saturated carbocycles. The SMILES string of the molecule is [2H]c1c(-c2ccccc2)n2cc(C)ccc2nc1=O. The third kappa shape index (κ3) is 1.80. The van der Waals surface area contributed by atoms with Crippen molar-refractivity contribution < 1.29 is 1.37 Å². The summed E-state index contributed by atoms with van der Waals surface area (Å²) in [4.78, 5) is 15.7. The van der Waals surface area contributed by atoms with Crippen molar-refractivity contribution in [3.63, 3.8) is 0 Å². The number of aromatic nitrogens is 2. The van der Waals surface area contributed by atoms with Crippen LogP contribution in [0.5, 0.6) is 0 Å². The molecule has 0 aliphatic rings. The number of nitrogens with zero attached hydrogens (tertiary/aromatic N) is 2. The standard InChI is InChI=1S/C15H12N2O/c1-11-7-8-14-16-15(18)9-13(17(14)10-11)12-5-3-2-4-6-12/h2-10H,1H3/i9D. The molecule has 2 heterocycles. The minimum absolute atomic E-state index is 0.0747. The molecule has 0 bridgehead atoms. The third-order valence-corrected chi connectivity index (χ3v) is 2.80. The van der Waals surface area contributed by atoms with Gasteiger partial charge in [-0.05, 0) is 24.1 Å². The van der Waals surface area contributed by atoms with Crippen LogP contribution in [0.15, 0.2) is 59.5 Å². The van der Waals surface area contributed by atoms with E-state index in [1.54, 1.807) is 10.5 Å². The number of hydrogen-bond acceptors (Lipinski definition) is 2. The van der Waals surface area contributed by atoms with Gasteiger partial charge in [0.2, 0.25) is 0 Å². The van der Waals surface area contributed by atoms with Gasteiger partial charge in [-0.25, -0.2) is 0 Å². The lowest BCUT2D eigenvalue weighted by Crippen LogP contribution is -2.10. The molecule has 88 valence electrons. The van der Waals surface area contributed by atoms with Crippen molar-refractivity contribution in [3.05, 3.63) is 70.6 Å². The summed E-state index contributed by atoms with van der Waals surface area (Å²) in [5.74, 6) is 0. The van der Waals surface area contributed by atoms with E-state index >= 15 is 0 Å². The Morgan fingerprint density at radius 3 is 2.72 bits per heavy atom. The van der Waals surface area contributed by atoms with Crippen LogP contribution in [-0.2, 0) is 0 Å². The van der Waals surface area contributed by atoms with Crippen LogP contribution in [-0.4, -0.2) is 9.38 Å². The molecule has 0 N–H and O–H groups in total. The summed E-state index contributed by atoms with van der Waals surface area (Å²) in [6.07, 6.45) is 1.89. The Morgan fingerprint density at radius 1 is 1.17 bits per heavy atom. The fraction of sp³-hybridized carbons (Fsp3) is 0.0667. The molecule has 2 aromatic heterocycles. The Hall–Kier alpha value is -2.42. The molecule has 3 aromatic rings. The van der Waals surface area contributed by atoms with E-state index in [0.29, 0.717) is 11.3 Å². The highest BCUT2D eigenvalue weighted by Crippen LogP contribution is 2.18. The molecule has 3 nitrogen and oxygen atoms in total. The van der Waals surface area contributed by atoms with Gasteiger partial charge in [-0.15, -0.1) is 0 Å². The van der Waals surface area contributed by atoms with E-state index in [-0.39, 0.29) is 6.04 Å². The molecule has 3 rings (SSSR count). The van der Waals surface area contributed by atoms with Gasteiger partial charge in [0.05, 0.1) is 7.06 Å². The second-order valence-electron chi connectivity index (χ2n) is 4.19. The fourth-order valence-electron chi connectivity index (χ4n) is 1.97. The highest BCUT2D eigenvalue weighted by molar-refractivity contribution is 5.62. The topological polar surface area (TPSA) is 34.4 Å². The van der Waals surface area contributed by atoms with Crippen LogP contribution >= 0.6 is 0 Å². The molecule has 0 atom stereocenters. The molecule has 0 aliphatic carbocycles. The molecular weight excluding hydrogens is 224 g/mol. The van der Waals surface area contributed by atoms with E-state index in [1.807, 2.05) is 49.5 Å². The van der Waals surface area contributed by atoms with E-state index in [0.717, 1.165) is 11.1 Å². The summed E-state index contributed by atoms with van der Waals surface area (Å²) in [5, 5.41) is 0. The number of benzene rings is 1. The predicted molar refractivity (Wildman–Crippen MR) is 71.6 cm³/mol. The van der Waals surface area contributed by atoms with Crippen LogP contribution in [0.4, 0.5) is 0 Å². The van der Waals surface area contributed by atoms with Crippen LogP contribution in [0.1, 0.15) is 6.93 Å². The van der Waals surface area contributed by atoms with Crippen LogP contribution in [0, 0.1) is 6.92 Å². The zero-order chi connectivity index (χ0) is 13.4. The molecule has 0 spiro atoms. The lowest BCUT2D eigenvalue weighted by atomic mass is 10.1. The highest BCUT2D eigenvalue weighted by Gasteiger charge is 2.05. The first-order chi connectivity index (χ1) is 9.16. The normalized spacial score (nSPS) is 11.5. The van der Waals surface area contributed by atoms with Crippen molar-refractivity contribution in [1.29, 1.82) is 0 Å². The zero-order valence-corrected chi connectivity index (χ0v) is 9.92. The molecule has 0 radical (unpaired) electrons. The number of pyridine rings is 1. The summed E-state index contributed by atoms with van der Waals surface area (Å²) < 4.78 is 9.79. The number of fused-ring (bicyclic) bond motifs is 1. The first-order valence-corrected chi connectivity index (χ1v) is 5.72. The summed E-state index contributed by atoms with van der Waals surface area (Å²) in [6, 6.07) is 13.1. The van der Waals surface area contributed by atoms with Gasteiger partial charge in [0, 0.05) is 12.2 Å². The number of rotatable bonds is 1. The van der Waals surface area contributed by atoms with Crippen molar-refractivity contribution in [2.45, 2.75) is 6.92 Å².